The summed E-state index contributed by atoms with van der Waals surface area (Å²) in [5.41, 5.74) is -0.741. The van der Waals surface area contributed by atoms with E-state index in [-0.39, 0.29) is 24.7 Å². The van der Waals surface area contributed by atoms with Crippen molar-refractivity contribution in [2.75, 3.05) is 19.6 Å². The van der Waals surface area contributed by atoms with Crippen LogP contribution in [0.25, 0.3) is 0 Å². The Kier molecular flexibility index (Phi) is 3.00. The minimum Gasteiger partial charge on any atom is -0.365 e. The van der Waals surface area contributed by atoms with Gasteiger partial charge in [0.05, 0.1) is 12.6 Å². The van der Waals surface area contributed by atoms with Gasteiger partial charge >= 0.3 is 6.03 Å². The number of rotatable bonds is 1. The van der Waals surface area contributed by atoms with Gasteiger partial charge in [0.1, 0.15) is 10.9 Å². The smallest absolute Gasteiger partial charge is 0.317 e. The van der Waals surface area contributed by atoms with Crippen LogP contribution < -0.4 is 10.0 Å². The molecule has 2 bridgehead atoms. The molecular formula is C13H21N3O4S. The van der Waals surface area contributed by atoms with Crippen LogP contribution >= 0.6 is 0 Å². The van der Waals surface area contributed by atoms with Crippen LogP contribution in [0.3, 0.4) is 0 Å². The van der Waals surface area contributed by atoms with Crippen LogP contribution in [0, 0.1) is 0 Å². The number of sulfonamides is 1. The van der Waals surface area contributed by atoms with Crippen LogP contribution in [0.1, 0.15) is 32.1 Å². The number of morpholine rings is 1. The Hall–Kier alpha value is -0.860. The van der Waals surface area contributed by atoms with Crippen molar-refractivity contribution in [1.29, 1.82) is 0 Å². The molecule has 0 aromatic rings. The Bertz CT molecular complexity index is 560. The zero-order valence-electron chi connectivity index (χ0n) is 11.9. The molecular weight excluding hydrogens is 294 g/mol. The normalized spacial score (nSPS) is 41.2. The van der Waals surface area contributed by atoms with E-state index in [0.29, 0.717) is 19.5 Å². The largest absolute Gasteiger partial charge is 0.365 e. The average Bonchev–Trinajstić information content (AvgIpc) is 3.08. The molecule has 21 heavy (non-hydrogen) atoms. The second-order valence-corrected chi connectivity index (χ2v) is 8.65. The summed E-state index contributed by atoms with van der Waals surface area (Å²) in [6, 6.07) is 0.205. The zero-order valence-corrected chi connectivity index (χ0v) is 12.7. The maximum Gasteiger partial charge on any atom is 0.317 e. The van der Waals surface area contributed by atoms with Gasteiger partial charge in [-0.25, -0.2) is 17.9 Å². The lowest BCUT2D eigenvalue weighted by Crippen LogP contribution is -2.59. The van der Waals surface area contributed by atoms with Crippen molar-refractivity contribution in [3.05, 3.63) is 0 Å². The van der Waals surface area contributed by atoms with Crippen molar-refractivity contribution in [3.8, 4) is 0 Å². The first-order chi connectivity index (χ1) is 9.98. The summed E-state index contributed by atoms with van der Waals surface area (Å²) in [6.07, 6.45) is 4.76. The zero-order chi connectivity index (χ0) is 14.7. The molecule has 1 aliphatic carbocycles. The molecule has 4 aliphatic rings. The van der Waals surface area contributed by atoms with Crippen LogP contribution in [0.5, 0.6) is 0 Å². The highest BCUT2D eigenvalue weighted by molar-refractivity contribution is 7.90. The van der Waals surface area contributed by atoms with Crippen LogP contribution in [0.4, 0.5) is 4.79 Å². The number of nitrogens with zero attached hydrogens (tertiary/aromatic N) is 1. The molecule has 8 heteroatoms. The van der Waals surface area contributed by atoms with Gasteiger partial charge in [-0.05, 0) is 19.3 Å². The van der Waals surface area contributed by atoms with E-state index in [4.69, 9.17) is 4.74 Å². The van der Waals surface area contributed by atoms with Crippen LogP contribution in [-0.2, 0) is 14.8 Å². The van der Waals surface area contributed by atoms with E-state index in [1.165, 1.54) is 12.8 Å². The summed E-state index contributed by atoms with van der Waals surface area (Å²) in [6.45, 7) is 1.13. The van der Waals surface area contributed by atoms with E-state index in [0.717, 1.165) is 12.8 Å². The Balaban J connectivity index is 1.49. The van der Waals surface area contributed by atoms with Gasteiger partial charge in [-0.1, -0.05) is 12.8 Å². The number of carbonyl (C=O) groups excluding carboxylic acids is 1. The molecule has 3 heterocycles. The molecule has 7 nitrogen and oxygen atoms in total. The minimum atomic E-state index is -3.29. The van der Waals surface area contributed by atoms with Gasteiger partial charge in [0.15, 0.2) is 0 Å². The number of ether oxygens (including phenoxy) is 1. The molecule has 4 fully saturated rings. The first-order valence-electron chi connectivity index (χ1n) is 7.70. The van der Waals surface area contributed by atoms with Gasteiger partial charge in [0, 0.05) is 19.1 Å². The lowest BCUT2D eigenvalue weighted by molar-refractivity contribution is -0.0883. The summed E-state index contributed by atoms with van der Waals surface area (Å²) < 4.78 is 32.5. The summed E-state index contributed by atoms with van der Waals surface area (Å²) in [5, 5.41) is 2.56. The third kappa shape index (κ3) is 2.15. The SMILES string of the molecule is O=C(NC1CCCC1)N1C[C@@H]2C[C@@H]3[C@](CNS3(=O)=O)(C1)O2. The molecule has 3 atom stereocenters. The van der Waals surface area contributed by atoms with Gasteiger partial charge in [-0.3, -0.25) is 0 Å². The number of urea groups is 1. The minimum absolute atomic E-state index is 0.0699. The van der Waals surface area contributed by atoms with Crippen LogP contribution in [0.2, 0.25) is 0 Å². The summed E-state index contributed by atoms with van der Waals surface area (Å²) >= 11 is 0. The molecule has 0 unspecified atom stereocenters. The highest BCUT2D eigenvalue weighted by Gasteiger charge is 2.62. The topological polar surface area (TPSA) is 87.7 Å². The Labute approximate surface area is 124 Å². The standard InChI is InChI=1S/C13H21N3O4S/c17-12(15-9-3-1-2-4-9)16-6-10-5-11-13(8-16,20-10)7-14-21(11,18)19/h9-11,14H,1-8H2,(H,15,17)/t10-,11+,13-/m0/s1. The molecule has 2 amide bonds. The van der Waals surface area contributed by atoms with Crippen LogP contribution in [0.15, 0.2) is 0 Å². The van der Waals surface area contributed by atoms with Crippen molar-refractivity contribution < 1.29 is 17.9 Å². The van der Waals surface area contributed by atoms with Gasteiger partial charge in [0.25, 0.3) is 0 Å². The van der Waals surface area contributed by atoms with Crippen molar-refractivity contribution in [1.82, 2.24) is 14.9 Å². The van der Waals surface area contributed by atoms with Crippen molar-refractivity contribution in [3.63, 3.8) is 0 Å². The fraction of sp³-hybridized carbons (Fsp3) is 0.923. The maximum absolute atomic E-state index is 12.4. The first-order valence-corrected chi connectivity index (χ1v) is 9.25. The maximum atomic E-state index is 12.4. The number of nitrogens with one attached hydrogen (secondary N) is 2. The number of carbonyl (C=O) groups is 1. The molecule has 2 N–H and O–H groups in total. The van der Waals surface area contributed by atoms with Crippen LogP contribution in [-0.4, -0.2) is 62.0 Å². The van der Waals surface area contributed by atoms with Gasteiger partial charge in [-0.15, -0.1) is 0 Å². The summed E-state index contributed by atoms with van der Waals surface area (Å²) in [7, 11) is -3.29. The van der Waals surface area contributed by atoms with E-state index in [1.54, 1.807) is 4.90 Å². The van der Waals surface area contributed by atoms with Crippen molar-refractivity contribution >= 4 is 16.1 Å². The molecule has 1 spiro atoms. The van der Waals surface area contributed by atoms with Gasteiger partial charge < -0.3 is 15.0 Å². The fourth-order valence-electron chi connectivity index (χ4n) is 4.23. The second-order valence-electron chi connectivity index (χ2n) is 6.71. The lowest BCUT2D eigenvalue weighted by atomic mass is 10.00. The van der Waals surface area contributed by atoms with E-state index < -0.39 is 20.9 Å². The van der Waals surface area contributed by atoms with E-state index >= 15 is 0 Å². The molecule has 1 saturated carbocycles. The predicted octanol–water partition coefficient (Wildman–Crippen LogP) is -0.216. The molecule has 3 aliphatic heterocycles. The monoisotopic (exact) mass is 315 g/mol. The molecule has 4 rings (SSSR count). The van der Waals surface area contributed by atoms with Gasteiger partial charge in [0.2, 0.25) is 10.0 Å². The predicted molar refractivity (Wildman–Crippen MR) is 75.3 cm³/mol. The van der Waals surface area contributed by atoms with Crippen molar-refractivity contribution in [2.24, 2.45) is 0 Å². The van der Waals surface area contributed by atoms with E-state index in [2.05, 4.69) is 10.0 Å². The van der Waals surface area contributed by atoms with E-state index in [1.807, 2.05) is 0 Å². The highest BCUT2D eigenvalue weighted by atomic mass is 32.2. The molecule has 0 aromatic carbocycles. The summed E-state index contributed by atoms with van der Waals surface area (Å²) in [5.74, 6) is 0. The average molecular weight is 315 g/mol. The number of likely N-dealkylation sites (tertiary alicyclic amines) is 1. The number of hydrogen-bond acceptors (Lipinski definition) is 4. The third-order valence-corrected chi connectivity index (χ3v) is 7.18. The fourth-order valence-corrected chi connectivity index (χ4v) is 6.12. The van der Waals surface area contributed by atoms with E-state index in [9.17, 15) is 13.2 Å². The Morgan fingerprint density at radius 1 is 1.33 bits per heavy atom. The quantitative estimate of drug-likeness (QED) is 0.700. The molecule has 118 valence electrons. The number of fused-ring (bicyclic) bond motifs is 1. The van der Waals surface area contributed by atoms with Gasteiger partial charge in [-0.2, -0.15) is 0 Å². The second kappa shape index (κ2) is 4.57. The third-order valence-electron chi connectivity index (χ3n) is 5.26. The molecule has 3 saturated heterocycles. The Morgan fingerprint density at radius 3 is 2.86 bits per heavy atom. The number of hydrogen-bond donors (Lipinski definition) is 2. The molecule has 0 aromatic heterocycles. The lowest BCUT2D eigenvalue weighted by Gasteiger charge is -2.39. The number of amides is 2. The first kappa shape index (κ1) is 13.8. The van der Waals surface area contributed by atoms with Crippen molar-refractivity contribution in [2.45, 2.75) is 55.1 Å². The Morgan fingerprint density at radius 2 is 2.10 bits per heavy atom. The summed E-state index contributed by atoms with van der Waals surface area (Å²) in [4.78, 5) is 14.2. The molecule has 0 radical (unpaired) electrons. The highest BCUT2D eigenvalue weighted by Crippen LogP contribution is 2.42.